The zero-order valence-corrected chi connectivity index (χ0v) is 38.4. The Morgan fingerprint density at radius 2 is 1.13 bits per heavy atom. The molecule has 0 N–H and O–H groups in total. The predicted molar refractivity (Wildman–Crippen MR) is 259 cm³/mol. The van der Waals surface area contributed by atoms with Gasteiger partial charge < -0.3 is 4.74 Å². The first-order valence-electron chi connectivity index (χ1n) is 22.1. The highest BCUT2D eigenvalue weighted by molar-refractivity contribution is 6.09. The van der Waals surface area contributed by atoms with Crippen molar-refractivity contribution in [3.05, 3.63) is 210 Å². The summed E-state index contributed by atoms with van der Waals surface area (Å²) in [5.74, 6) is 2.38. The Labute approximate surface area is 373 Å². The van der Waals surface area contributed by atoms with E-state index in [1.54, 1.807) is 0 Å². The lowest BCUT2D eigenvalue weighted by atomic mass is 9.78. The fourth-order valence-electron chi connectivity index (χ4n) is 8.85. The number of fused-ring (bicyclic) bond motifs is 3. The predicted octanol–water partition coefficient (Wildman–Crippen LogP) is 14.1. The van der Waals surface area contributed by atoms with Crippen molar-refractivity contribution < 1.29 is 9.30 Å². The molecule has 0 saturated heterocycles. The van der Waals surface area contributed by atoms with Crippen molar-refractivity contribution in [1.29, 1.82) is 0 Å². The second-order valence-corrected chi connectivity index (χ2v) is 20.1. The maximum Gasteiger partial charge on any atom is 0.269 e. The van der Waals surface area contributed by atoms with Gasteiger partial charge in [0.1, 0.15) is 17.3 Å². The van der Waals surface area contributed by atoms with Crippen LogP contribution in [0.25, 0.3) is 39.0 Å². The van der Waals surface area contributed by atoms with Crippen LogP contribution in [0.15, 0.2) is 170 Å². The Hall–Kier alpha value is -6.72. The van der Waals surface area contributed by atoms with Crippen molar-refractivity contribution in [2.24, 2.45) is 0 Å². The molecular weight excluding hydrogens is 769 g/mol. The normalized spacial score (nSPS) is 12.6. The van der Waals surface area contributed by atoms with Crippen molar-refractivity contribution in [1.82, 2.24) is 14.1 Å². The first kappa shape index (κ1) is 41.6. The van der Waals surface area contributed by atoms with Gasteiger partial charge in [0.15, 0.2) is 0 Å². The minimum absolute atomic E-state index is 0.0325. The quantitative estimate of drug-likeness (QED) is 0.107. The summed E-state index contributed by atoms with van der Waals surface area (Å²) >= 11 is 0. The van der Waals surface area contributed by atoms with Crippen LogP contribution in [0.4, 0.5) is 0 Å². The van der Waals surface area contributed by atoms with Crippen LogP contribution in [-0.4, -0.2) is 14.1 Å². The van der Waals surface area contributed by atoms with Gasteiger partial charge in [0.2, 0.25) is 0 Å². The minimum atomic E-state index is -0.186. The average Bonchev–Trinajstić information content (AvgIpc) is 3.88. The third kappa shape index (κ3) is 7.86. The van der Waals surface area contributed by atoms with Crippen molar-refractivity contribution in [3.63, 3.8) is 0 Å². The number of benzene rings is 6. The van der Waals surface area contributed by atoms with Gasteiger partial charge in [-0.25, -0.2) is 4.98 Å². The zero-order valence-electron chi connectivity index (χ0n) is 38.4. The fraction of sp³-hybridized carbons (Fsp3) is 0.241. The van der Waals surface area contributed by atoms with Gasteiger partial charge in [0.25, 0.3) is 6.33 Å². The van der Waals surface area contributed by atoms with Gasteiger partial charge in [-0.3, -0.25) is 13.7 Å². The summed E-state index contributed by atoms with van der Waals surface area (Å²) in [5.41, 5.74) is 11.1. The lowest BCUT2D eigenvalue weighted by molar-refractivity contribution is -0.599. The Kier molecular flexibility index (Phi) is 10.3. The van der Waals surface area contributed by atoms with Crippen LogP contribution < -0.4 is 9.30 Å². The molecule has 0 spiro atoms. The van der Waals surface area contributed by atoms with Gasteiger partial charge >= 0.3 is 0 Å². The molecule has 0 fully saturated rings. The van der Waals surface area contributed by atoms with Crippen LogP contribution in [0.3, 0.4) is 0 Å². The van der Waals surface area contributed by atoms with Crippen LogP contribution in [0, 0.1) is 6.33 Å². The minimum Gasteiger partial charge on any atom is -0.458 e. The van der Waals surface area contributed by atoms with E-state index in [1.165, 1.54) is 33.2 Å². The molecule has 5 heteroatoms. The maximum absolute atomic E-state index is 6.79. The zero-order chi connectivity index (χ0) is 44.3. The van der Waals surface area contributed by atoms with E-state index in [-0.39, 0.29) is 21.7 Å². The van der Waals surface area contributed by atoms with Gasteiger partial charge in [-0.05, 0) is 105 Å². The van der Waals surface area contributed by atoms with E-state index in [0.29, 0.717) is 0 Å². The molecule has 0 aliphatic carbocycles. The smallest absolute Gasteiger partial charge is 0.269 e. The molecule has 9 aromatic rings. The number of hydrogen-bond donors (Lipinski definition) is 0. The molecule has 0 unspecified atom stereocenters. The summed E-state index contributed by atoms with van der Waals surface area (Å²) in [4.78, 5) is 4.97. The van der Waals surface area contributed by atoms with Gasteiger partial charge in [-0.1, -0.05) is 154 Å². The van der Waals surface area contributed by atoms with Crippen molar-refractivity contribution in [3.8, 4) is 28.7 Å². The van der Waals surface area contributed by atoms with E-state index in [4.69, 9.17) is 9.72 Å². The first-order chi connectivity index (χ1) is 30.0. The first-order valence-corrected chi connectivity index (χ1v) is 22.1. The van der Waals surface area contributed by atoms with Crippen LogP contribution in [0.5, 0.6) is 11.5 Å². The molecule has 6 aromatic carbocycles. The average molecular weight is 827 g/mol. The van der Waals surface area contributed by atoms with E-state index in [1.807, 2.05) is 12.3 Å². The van der Waals surface area contributed by atoms with Gasteiger partial charge in [-0.2, -0.15) is 0 Å². The molecule has 0 radical (unpaired) electrons. The van der Waals surface area contributed by atoms with Crippen molar-refractivity contribution in [2.45, 2.75) is 90.9 Å². The molecule has 0 amide bonds. The number of pyridine rings is 1. The number of aromatic nitrogens is 4. The van der Waals surface area contributed by atoms with Crippen LogP contribution in [0.2, 0.25) is 0 Å². The largest absolute Gasteiger partial charge is 0.458 e. The van der Waals surface area contributed by atoms with E-state index in [2.05, 4.69) is 247 Å². The van der Waals surface area contributed by atoms with E-state index in [0.717, 1.165) is 50.8 Å². The molecule has 0 aliphatic rings. The van der Waals surface area contributed by atoms with E-state index >= 15 is 0 Å². The van der Waals surface area contributed by atoms with Crippen molar-refractivity contribution >= 4 is 21.8 Å². The third-order valence-electron chi connectivity index (χ3n) is 12.9. The summed E-state index contributed by atoms with van der Waals surface area (Å²) in [6.45, 7) is 22.7. The third-order valence-corrected chi connectivity index (χ3v) is 12.9. The van der Waals surface area contributed by atoms with Crippen LogP contribution in [-0.2, 0) is 21.7 Å². The number of rotatable bonds is 9. The lowest BCUT2D eigenvalue weighted by Crippen LogP contribution is -2.29. The molecule has 0 aliphatic heterocycles. The molecule has 9 rings (SSSR count). The van der Waals surface area contributed by atoms with Gasteiger partial charge in [-0.15, -0.1) is 0 Å². The summed E-state index contributed by atoms with van der Waals surface area (Å²) in [6.07, 6.45) is 7.85. The number of nitrogens with zero attached hydrogens (tertiary/aromatic N) is 4. The second-order valence-electron chi connectivity index (χ2n) is 20.1. The Balaban J connectivity index is 1.11. The Bertz CT molecular complexity index is 3100. The molecule has 316 valence electrons. The maximum atomic E-state index is 6.79. The molecule has 3 aromatic heterocycles. The fourth-order valence-corrected chi connectivity index (χ4v) is 8.85. The van der Waals surface area contributed by atoms with Crippen LogP contribution in [0.1, 0.15) is 103 Å². The van der Waals surface area contributed by atoms with Crippen LogP contribution >= 0.6 is 0 Å². The summed E-state index contributed by atoms with van der Waals surface area (Å²) in [7, 11) is 0. The number of hydrogen-bond acceptors (Lipinski definition) is 2. The highest BCUT2D eigenvalue weighted by Crippen LogP contribution is 2.40. The Morgan fingerprint density at radius 1 is 0.492 bits per heavy atom. The summed E-state index contributed by atoms with van der Waals surface area (Å²) in [5, 5.41) is 2.33. The molecule has 0 saturated carbocycles. The lowest BCUT2D eigenvalue weighted by Gasteiger charge is -2.26. The topological polar surface area (TPSA) is 35.9 Å². The SMILES string of the molecule is CC(C)(C)c1ccnc(-n2c3ccc(C(C)(C)c4ccccc4)cc3c3ccc(Oc4cccc(-n5[c-][n+](-c6cccc(C(C)(C)c7ccccc7)c6)cc5C(C)(C)C)c4)cc32)c1. The summed E-state index contributed by atoms with van der Waals surface area (Å²) < 4.78 is 13.4. The van der Waals surface area contributed by atoms with Gasteiger partial charge in [0.05, 0.1) is 28.1 Å². The molecular formula is C58H58N4O. The molecule has 0 atom stereocenters. The standard InChI is InChI=1S/C58H58N4O/c1-55(2,3)42-31-32-59-54(35-42)62-51-30-27-44(58(9,10)41-21-15-12-16-22-41)34-50(51)49-29-28-48(37-52(49)62)63-47-26-18-25-46(36-47)61-39-60(38-53(61)56(4,5)6)45-24-17-23-43(33-45)57(7,8)40-19-13-11-14-20-40/h11-38H,1-10H3. The van der Waals surface area contributed by atoms with E-state index in [9.17, 15) is 0 Å². The molecule has 3 heterocycles. The number of ether oxygens (including phenoxy) is 1. The molecule has 0 bridgehead atoms. The van der Waals surface area contributed by atoms with Crippen molar-refractivity contribution in [2.75, 3.05) is 0 Å². The van der Waals surface area contributed by atoms with Gasteiger partial charge in [0, 0.05) is 40.1 Å². The highest BCUT2D eigenvalue weighted by atomic mass is 16.5. The summed E-state index contributed by atoms with van der Waals surface area (Å²) in [6, 6.07) is 56.3. The molecule has 63 heavy (non-hydrogen) atoms. The van der Waals surface area contributed by atoms with E-state index < -0.39 is 0 Å². The number of imidazole rings is 1. The molecule has 5 nitrogen and oxygen atoms in total. The monoisotopic (exact) mass is 826 g/mol. The second kappa shape index (κ2) is 15.6. The highest BCUT2D eigenvalue weighted by Gasteiger charge is 2.27. The Morgan fingerprint density at radius 3 is 1.79 bits per heavy atom.